The molecule has 26 heavy (non-hydrogen) atoms. The van der Waals surface area contributed by atoms with E-state index in [1.807, 2.05) is 12.1 Å². The molecule has 146 valence electrons. The van der Waals surface area contributed by atoms with Gasteiger partial charge in [0.1, 0.15) is 0 Å². The lowest BCUT2D eigenvalue weighted by atomic mass is 9.80. The van der Waals surface area contributed by atoms with Gasteiger partial charge in [-0.05, 0) is 62.1 Å². The number of rotatable bonds is 6. The van der Waals surface area contributed by atoms with Gasteiger partial charge in [-0.2, -0.15) is 0 Å². The number of nitrogens with zero attached hydrogens (tertiary/aromatic N) is 1. The number of hydrogen-bond acceptors (Lipinski definition) is 3. The number of aliphatic imine (C=N–C) groups is 1. The first-order valence-electron chi connectivity index (χ1n) is 9.63. The Labute approximate surface area is 158 Å². The Morgan fingerprint density at radius 2 is 1.77 bits per heavy atom. The summed E-state index contributed by atoms with van der Waals surface area (Å²) in [5, 5.41) is 6.88. The average molecular weight is 380 g/mol. The molecule has 0 bridgehead atoms. The van der Waals surface area contributed by atoms with E-state index in [9.17, 15) is 8.42 Å². The molecular weight excluding hydrogens is 346 g/mol. The molecule has 0 aromatic heterocycles. The highest BCUT2D eigenvalue weighted by Crippen LogP contribution is 2.29. The number of benzene rings is 1. The van der Waals surface area contributed by atoms with E-state index in [2.05, 4.69) is 36.4 Å². The summed E-state index contributed by atoms with van der Waals surface area (Å²) in [5.74, 6) is 2.46. The van der Waals surface area contributed by atoms with Crippen LogP contribution < -0.4 is 10.6 Å². The molecule has 0 amide bonds. The lowest BCUT2D eigenvalue weighted by Gasteiger charge is -2.32. The summed E-state index contributed by atoms with van der Waals surface area (Å²) in [4.78, 5) is 5.01. The van der Waals surface area contributed by atoms with Crippen molar-refractivity contribution < 1.29 is 8.42 Å². The molecule has 1 fully saturated rings. The van der Waals surface area contributed by atoms with E-state index in [4.69, 9.17) is 0 Å². The van der Waals surface area contributed by atoms with E-state index in [1.54, 1.807) is 12.1 Å². The van der Waals surface area contributed by atoms with Crippen LogP contribution in [0.15, 0.2) is 34.2 Å². The first-order valence-corrected chi connectivity index (χ1v) is 11.5. The van der Waals surface area contributed by atoms with Gasteiger partial charge in [-0.3, -0.25) is 0 Å². The smallest absolute Gasteiger partial charge is 0.191 e. The molecule has 1 aliphatic carbocycles. The van der Waals surface area contributed by atoms with Crippen LogP contribution in [0.25, 0.3) is 0 Å². The fourth-order valence-electron chi connectivity index (χ4n) is 3.46. The quantitative estimate of drug-likeness (QED) is 0.587. The van der Waals surface area contributed by atoms with Crippen LogP contribution >= 0.6 is 0 Å². The summed E-state index contributed by atoms with van der Waals surface area (Å²) < 4.78 is 23.1. The molecule has 6 heteroatoms. The van der Waals surface area contributed by atoms with Crippen LogP contribution in [-0.4, -0.2) is 33.2 Å². The zero-order valence-corrected chi connectivity index (χ0v) is 17.3. The Morgan fingerprint density at radius 3 is 2.27 bits per heavy atom. The van der Waals surface area contributed by atoms with Crippen molar-refractivity contribution in [2.24, 2.45) is 16.8 Å². The number of guanidine groups is 1. The van der Waals surface area contributed by atoms with E-state index >= 15 is 0 Å². The second-order valence-electron chi connectivity index (χ2n) is 7.61. The second-order valence-corrected chi connectivity index (χ2v) is 9.63. The van der Waals surface area contributed by atoms with E-state index in [0.29, 0.717) is 17.5 Å². The lowest BCUT2D eigenvalue weighted by molar-refractivity contribution is 0.250. The highest BCUT2D eigenvalue weighted by Gasteiger charge is 2.23. The second kappa shape index (κ2) is 9.40. The lowest BCUT2D eigenvalue weighted by Crippen LogP contribution is -2.45. The third-order valence-electron chi connectivity index (χ3n) is 5.17. The fourth-order valence-corrected chi connectivity index (χ4v) is 4.09. The van der Waals surface area contributed by atoms with Crippen molar-refractivity contribution in [3.05, 3.63) is 29.8 Å². The fraction of sp³-hybridized carbons (Fsp3) is 0.650. The van der Waals surface area contributed by atoms with Crippen LogP contribution in [0, 0.1) is 11.8 Å². The Morgan fingerprint density at radius 1 is 1.15 bits per heavy atom. The monoisotopic (exact) mass is 379 g/mol. The van der Waals surface area contributed by atoms with Crippen molar-refractivity contribution >= 4 is 15.8 Å². The molecule has 1 aromatic rings. The molecule has 1 saturated carbocycles. The van der Waals surface area contributed by atoms with Crippen LogP contribution in [-0.2, 0) is 16.4 Å². The van der Waals surface area contributed by atoms with E-state index in [-0.39, 0.29) is 0 Å². The van der Waals surface area contributed by atoms with Gasteiger partial charge in [0.2, 0.25) is 0 Å². The third kappa shape index (κ3) is 6.31. The summed E-state index contributed by atoms with van der Waals surface area (Å²) in [7, 11) is -3.15. The summed E-state index contributed by atoms with van der Waals surface area (Å²) in [6.07, 6.45) is 6.16. The minimum absolute atomic E-state index is 0.345. The van der Waals surface area contributed by atoms with Crippen molar-refractivity contribution in [2.75, 3.05) is 12.8 Å². The predicted molar refractivity (Wildman–Crippen MR) is 108 cm³/mol. The van der Waals surface area contributed by atoms with Gasteiger partial charge >= 0.3 is 0 Å². The topological polar surface area (TPSA) is 70.6 Å². The maximum atomic E-state index is 11.5. The predicted octanol–water partition coefficient (Wildman–Crippen LogP) is 3.36. The molecule has 0 atom stereocenters. The zero-order chi connectivity index (χ0) is 19.2. The van der Waals surface area contributed by atoms with Gasteiger partial charge in [0.25, 0.3) is 0 Å². The molecule has 0 heterocycles. The van der Waals surface area contributed by atoms with Gasteiger partial charge in [-0.15, -0.1) is 0 Å². The summed E-state index contributed by atoms with van der Waals surface area (Å²) in [6.45, 7) is 8.05. The molecule has 0 saturated heterocycles. The summed E-state index contributed by atoms with van der Waals surface area (Å²) in [6, 6.07) is 7.44. The van der Waals surface area contributed by atoms with Crippen molar-refractivity contribution in [1.29, 1.82) is 0 Å². The van der Waals surface area contributed by atoms with Gasteiger partial charge in [0, 0.05) is 18.8 Å². The largest absolute Gasteiger partial charge is 0.357 e. The van der Waals surface area contributed by atoms with Crippen LogP contribution in [0.3, 0.4) is 0 Å². The average Bonchev–Trinajstić information content (AvgIpc) is 2.60. The standard InChI is InChI=1S/C20H33N3O2S/c1-5-21-20(23-18-10-8-17(9-11-18)15(2)3)22-14-16-6-12-19(13-7-16)26(4,24)25/h6-7,12-13,15,17-18H,5,8-11,14H2,1-4H3,(H2,21,22,23). The van der Waals surface area contributed by atoms with Gasteiger partial charge in [-0.1, -0.05) is 26.0 Å². The van der Waals surface area contributed by atoms with Crippen LogP contribution in [0.4, 0.5) is 0 Å². The number of sulfone groups is 1. The highest BCUT2D eigenvalue weighted by atomic mass is 32.2. The molecule has 0 aliphatic heterocycles. The van der Waals surface area contributed by atoms with Gasteiger partial charge in [-0.25, -0.2) is 13.4 Å². The molecule has 0 radical (unpaired) electrons. The van der Waals surface area contributed by atoms with Gasteiger partial charge in [0.05, 0.1) is 11.4 Å². The van der Waals surface area contributed by atoms with Crippen LogP contribution in [0.5, 0.6) is 0 Å². The Balaban J connectivity index is 1.94. The van der Waals surface area contributed by atoms with Crippen molar-refractivity contribution in [3.8, 4) is 0 Å². The third-order valence-corrected chi connectivity index (χ3v) is 6.30. The van der Waals surface area contributed by atoms with Gasteiger partial charge in [0.15, 0.2) is 15.8 Å². The molecule has 1 aliphatic rings. The molecule has 2 rings (SSSR count). The molecule has 1 aromatic carbocycles. The minimum atomic E-state index is -3.15. The number of hydrogen-bond donors (Lipinski definition) is 2. The molecule has 0 spiro atoms. The first-order chi connectivity index (χ1) is 12.3. The van der Waals surface area contributed by atoms with E-state index < -0.39 is 9.84 Å². The Kier molecular flexibility index (Phi) is 7.50. The molecular formula is C20H33N3O2S. The Hall–Kier alpha value is -1.56. The maximum Gasteiger partial charge on any atom is 0.191 e. The minimum Gasteiger partial charge on any atom is -0.357 e. The van der Waals surface area contributed by atoms with Crippen molar-refractivity contribution in [3.63, 3.8) is 0 Å². The molecule has 5 nitrogen and oxygen atoms in total. The SMILES string of the molecule is CCNC(=NCc1ccc(S(C)(=O)=O)cc1)NC1CCC(C(C)C)CC1. The van der Waals surface area contributed by atoms with Crippen LogP contribution in [0.2, 0.25) is 0 Å². The summed E-state index contributed by atoms with van der Waals surface area (Å²) >= 11 is 0. The Bertz CT molecular complexity index is 688. The van der Waals surface area contributed by atoms with E-state index in [0.717, 1.165) is 29.9 Å². The van der Waals surface area contributed by atoms with Gasteiger partial charge < -0.3 is 10.6 Å². The maximum absolute atomic E-state index is 11.5. The summed E-state index contributed by atoms with van der Waals surface area (Å²) in [5.41, 5.74) is 0.998. The van der Waals surface area contributed by atoms with E-state index in [1.165, 1.54) is 31.9 Å². The van der Waals surface area contributed by atoms with Crippen molar-refractivity contribution in [1.82, 2.24) is 10.6 Å². The first kappa shape index (κ1) is 20.7. The normalized spacial score (nSPS) is 21.7. The highest BCUT2D eigenvalue weighted by molar-refractivity contribution is 7.90. The van der Waals surface area contributed by atoms with Crippen molar-refractivity contribution in [2.45, 2.75) is 63.9 Å². The zero-order valence-electron chi connectivity index (χ0n) is 16.5. The molecule has 2 N–H and O–H groups in total. The molecule has 0 unspecified atom stereocenters. The number of nitrogens with one attached hydrogen (secondary N) is 2. The van der Waals surface area contributed by atoms with Crippen LogP contribution in [0.1, 0.15) is 52.0 Å².